The second-order valence-electron chi connectivity index (χ2n) is 7.77. The fourth-order valence-electron chi connectivity index (χ4n) is 4.24. The molecule has 2 heterocycles. The zero-order chi connectivity index (χ0) is 18.9. The van der Waals surface area contributed by atoms with Gasteiger partial charge in [0.25, 0.3) is 0 Å². The van der Waals surface area contributed by atoms with Crippen LogP contribution in [0, 0.1) is 0 Å². The lowest BCUT2D eigenvalue weighted by molar-refractivity contribution is 0.263. The Morgan fingerprint density at radius 3 is 2.04 bits per heavy atom. The van der Waals surface area contributed by atoms with Crippen molar-refractivity contribution in [1.82, 2.24) is 4.90 Å². The maximum absolute atomic E-state index is 2.59. The summed E-state index contributed by atoms with van der Waals surface area (Å²) in [6, 6.07) is 29.6. The smallest absolute Gasteiger partial charge is 0.0355 e. The van der Waals surface area contributed by atoms with Crippen LogP contribution in [0.1, 0.15) is 31.4 Å². The van der Waals surface area contributed by atoms with Gasteiger partial charge in [-0.25, -0.2) is 0 Å². The highest BCUT2D eigenvalue weighted by Crippen LogP contribution is 2.34. The Labute approximate surface area is 171 Å². The van der Waals surface area contributed by atoms with Crippen LogP contribution in [0.4, 0.5) is 0 Å². The van der Waals surface area contributed by atoms with Gasteiger partial charge in [-0.3, -0.25) is 4.90 Å². The van der Waals surface area contributed by atoms with Crippen LogP contribution in [0.15, 0.2) is 78.9 Å². The zero-order valence-electron chi connectivity index (χ0n) is 16.3. The number of rotatable bonds is 4. The Morgan fingerprint density at radius 1 is 0.750 bits per heavy atom. The van der Waals surface area contributed by atoms with Crippen molar-refractivity contribution in [3.05, 3.63) is 84.4 Å². The number of thiophene rings is 1. The van der Waals surface area contributed by atoms with Crippen LogP contribution in [0.5, 0.6) is 0 Å². The summed E-state index contributed by atoms with van der Waals surface area (Å²) in [5, 5.41) is 1.33. The van der Waals surface area contributed by atoms with E-state index in [0.717, 1.165) is 0 Å². The number of benzene rings is 3. The van der Waals surface area contributed by atoms with Crippen LogP contribution < -0.4 is 0 Å². The third-order valence-electron chi connectivity index (χ3n) is 6.01. The van der Waals surface area contributed by atoms with Crippen LogP contribution in [0.3, 0.4) is 0 Å². The first kappa shape index (κ1) is 17.7. The molecule has 0 amide bonds. The molecule has 140 valence electrons. The first-order valence-electron chi connectivity index (χ1n) is 10.2. The number of likely N-dealkylation sites (tertiary alicyclic amines) is 1. The van der Waals surface area contributed by atoms with E-state index in [1.807, 2.05) is 11.3 Å². The number of nitrogens with zero attached hydrogens (tertiary/aromatic N) is 1. The lowest BCUT2D eigenvalue weighted by Crippen LogP contribution is -2.23. The van der Waals surface area contributed by atoms with Crippen LogP contribution in [0.25, 0.3) is 31.7 Å². The van der Waals surface area contributed by atoms with Crippen molar-refractivity contribution < 1.29 is 0 Å². The molecule has 0 radical (unpaired) electrons. The number of fused-ring (bicyclic) bond motifs is 1. The lowest BCUT2D eigenvalue weighted by Gasteiger charge is -2.24. The fourth-order valence-corrected chi connectivity index (χ4v) is 5.31. The van der Waals surface area contributed by atoms with Gasteiger partial charge < -0.3 is 0 Å². The summed E-state index contributed by atoms with van der Waals surface area (Å²) in [5.74, 6) is 0. The fraction of sp³-hybridized carbons (Fsp3) is 0.231. The van der Waals surface area contributed by atoms with Crippen molar-refractivity contribution in [2.75, 3.05) is 13.1 Å². The van der Waals surface area contributed by atoms with E-state index < -0.39 is 0 Å². The molecule has 2 heteroatoms. The molecule has 0 N–H and O–H groups in total. The maximum atomic E-state index is 2.59. The van der Waals surface area contributed by atoms with Crippen molar-refractivity contribution in [3.63, 3.8) is 0 Å². The topological polar surface area (TPSA) is 3.24 Å². The van der Waals surface area contributed by atoms with Crippen LogP contribution in [0.2, 0.25) is 0 Å². The third kappa shape index (κ3) is 3.39. The molecule has 1 atom stereocenters. The van der Waals surface area contributed by atoms with Crippen molar-refractivity contribution in [1.29, 1.82) is 0 Å². The Balaban J connectivity index is 1.36. The summed E-state index contributed by atoms with van der Waals surface area (Å²) in [6.07, 6.45) is 2.68. The summed E-state index contributed by atoms with van der Waals surface area (Å²) >= 11 is 1.86. The molecule has 3 aromatic carbocycles. The minimum absolute atomic E-state index is 0.520. The Bertz CT molecular complexity index is 1040. The van der Waals surface area contributed by atoms with Crippen molar-refractivity contribution in [2.45, 2.75) is 25.8 Å². The van der Waals surface area contributed by atoms with Gasteiger partial charge >= 0.3 is 0 Å². The van der Waals surface area contributed by atoms with Gasteiger partial charge in [0.15, 0.2) is 0 Å². The highest BCUT2D eigenvalue weighted by molar-refractivity contribution is 7.22. The quantitative estimate of drug-likeness (QED) is 0.355. The average molecular weight is 384 g/mol. The Morgan fingerprint density at radius 2 is 1.36 bits per heavy atom. The van der Waals surface area contributed by atoms with E-state index in [4.69, 9.17) is 0 Å². The van der Waals surface area contributed by atoms with Gasteiger partial charge in [-0.05, 0) is 72.6 Å². The molecule has 0 saturated carbocycles. The average Bonchev–Trinajstić information content (AvgIpc) is 3.43. The van der Waals surface area contributed by atoms with E-state index >= 15 is 0 Å². The van der Waals surface area contributed by atoms with Gasteiger partial charge in [-0.1, -0.05) is 66.7 Å². The molecule has 0 spiro atoms. The van der Waals surface area contributed by atoms with Crippen LogP contribution in [-0.4, -0.2) is 18.0 Å². The summed E-state index contributed by atoms with van der Waals surface area (Å²) in [4.78, 5) is 3.93. The van der Waals surface area contributed by atoms with Crippen LogP contribution in [-0.2, 0) is 0 Å². The van der Waals surface area contributed by atoms with Gasteiger partial charge in [0.1, 0.15) is 0 Å². The second kappa shape index (κ2) is 7.54. The molecule has 1 fully saturated rings. The minimum Gasteiger partial charge on any atom is -0.297 e. The molecule has 1 nitrogen and oxygen atoms in total. The molecule has 1 aliphatic heterocycles. The normalized spacial score (nSPS) is 15.9. The maximum Gasteiger partial charge on any atom is 0.0355 e. The van der Waals surface area contributed by atoms with E-state index in [2.05, 4.69) is 90.7 Å². The lowest BCUT2D eigenvalue weighted by atomic mass is 9.99. The monoisotopic (exact) mass is 383 g/mol. The van der Waals surface area contributed by atoms with Gasteiger partial charge in [0.2, 0.25) is 0 Å². The molecule has 0 bridgehead atoms. The van der Waals surface area contributed by atoms with Crippen molar-refractivity contribution in [2.24, 2.45) is 0 Å². The summed E-state index contributed by atoms with van der Waals surface area (Å²) in [7, 11) is 0. The number of hydrogen-bond donors (Lipinski definition) is 0. The molecule has 1 unspecified atom stereocenters. The molecular weight excluding hydrogens is 358 g/mol. The zero-order valence-corrected chi connectivity index (χ0v) is 17.1. The molecule has 1 aliphatic rings. The summed E-state index contributed by atoms with van der Waals surface area (Å²) in [6.45, 7) is 4.81. The van der Waals surface area contributed by atoms with Gasteiger partial charge in [0.05, 0.1) is 0 Å². The van der Waals surface area contributed by atoms with Gasteiger partial charge in [0, 0.05) is 15.6 Å². The van der Waals surface area contributed by atoms with Crippen LogP contribution >= 0.6 is 11.3 Å². The SMILES string of the molecule is CC(c1ccc(-c2ccc(-c3cc4ccccc4s3)cc2)cc1)N1CCCC1. The molecule has 0 aliphatic carbocycles. The predicted octanol–water partition coefficient (Wildman–Crippen LogP) is 7.39. The second-order valence-corrected chi connectivity index (χ2v) is 8.85. The first-order valence-corrected chi connectivity index (χ1v) is 11.0. The Kier molecular flexibility index (Phi) is 4.76. The van der Waals surface area contributed by atoms with E-state index in [1.54, 1.807) is 0 Å². The number of hydrogen-bond acceptors (Lipinski definition) is 2. The largest absolute Gasteiger partial charge is 0.297 e. The summed E-state index contributed by atoms with van der Waals surface area (Å²) < 4.78 is 1.35. The molecule has 4 aromatic rings. The summed E-state index contributed by atoms with van der Waals surface area (Å²) in [5.41, 5.74) is 5.29. The van der Waals surface area contributed by atoms with E-state index in [0.29, 0.717) is 6.04 Å². The highest BCUT2D eigenvalue weighted by Gasteiger charge is 2.19. The highest BCUT2D eigenvalue weighted by atomic mass is 32.1. The van der Waals surface area contributed by atoms with Crippen molar-refractivity contribution >= 4 is 21.4 Å². The van der Waals surface area contributed by atoms with E-state index in [-0.39, 0.29) is 0 Å². The molecule has 28 heavy (non-hydrogen) atoms. The van der Waals surface area contributed by atoms with E-state index in [9.17, 15) is 0 Å². The standard InChI is InChI=1S/C26H25NS/c1-19(27-16-4-5-17-27)20-8-10-21(11-9-20)22-12-14-23(15-13-22)26-18-24-6-2-3-7-25(24)28-26/h2-3,6-15,18-19H,4-5,16-17H2,1H3. The molecule has 5 rings (SSSR count). The molecule has 1 saturated heterocycles. The first-order chi connectivity index (χ1) is 13.8. The van der Waals surface area contributed by atoms with Crippen molar-refractivity contribution in [3.8, 4) is 21.6 Å². The third-order valence-corrected chi connectivity index (χ3v) is 7.17. The molecule has 1 aromatic heterocycles. The predicted molar refractivity (Wildman–Crippen MR) is 122 cm³/mol. The Hall–Kier alpha value is -2.42. The van der Waals surface area contributed by atoms with Gasteiger partial charge in [-0.15, -0.1) is 11.3 Å². The minimum atomic E-state index is 0.520. The van der Waals surface area contributed by atoms with Gasteiger partial charge in [-0.2, -0.15) is 0 Å². The van der Waals surface area contributed by atoms with E-state index in [1.165, 1.54) is 63.1 Å². The molecular formula is C26H25NS.